The SMILES string of the molecule is Cc1ccc(NC(=S)Nc2cnn(Cc3c(F)cccc3Cl)c2)c(OC(F)F)c1. The van der Waals surface area contributed by atoms with Crippen molar-refractivity contribution in [2.75, 3.05) is 10.6 Å². The van der Waals surface area contributed by atoms with Crippen LogP contribution in [0.25, 0.3) is 0 Å². The van der Waals surface area contributed by atoms with Crippen molar-refractivity contribution >= 4 is 40.3 Å². The molecular weight excluding hydrogens is 425 g/mol. The number of hydrogen-bond donors (Lipinski definition) is 2. The number of benzene rings is 2. The smallest absolute Gasteiger partial charge is 0.387 e. The van der Waals surface area contributed by atoms with Gasteiger partial charge in [-0.3, -0.25) is 4.68 Å². The molecule has 2 aromatic carbocycles. The number of rotatable bonds is 6. The first-order valence-corrected chi connectivity index (χ1v) is 9.19. The highest BCUT2D eigenvalue weighted by Crippen LogP contribution is 2.27. The Bertz CT molecular complexity index is 1010. The largest absolute Gasteiger partial charge is 0.433 e. The Morgan fingerprint density at radius 2 is 2.07 bits per heavy atom. The number of hydrogen-bond acceptors (Lipinski definition) is 3. The van der Waals surface area contributed by atoms with Crippen molar-refractivity contribution in [1.29, 1.82) is 0 Å². The lowest BCUT2D eigenvalue weighted by Gasteiger charge is -2.14. The fraction of sp³-hybridized carbons (Fsp3) is 0.158. The van der Waals surface area contributed by atoms with Crippen LogP contribution in [0.1, 0.15) is 11.1 Å². The van der Waals surface area contributed by atoms with Gasteiger partial charge in [0.05, 0.1) is 24.1 Å². The molecule has 0 aliphatic carbocycles. The van der Waals surface area contributed by atoms with Crippen LogP contribution < -0.4 is 15.4 Å². The van der Waals surface area contributed by atoms with Crippen LogP contribution in [0.2, 0.25) is 5.02 Å². The van der Waals surface area contributed by atoms with Crippen LogP contribution in [0.15, 0.2) is 48.8 Å². The van der Waals surface area contributed by atoms with Crippen molar-refractivity contribution in [1.82, 2.24) is 9.78 Å². The highest BCUT2D eigenvalue weighted by molar-refractivity contribution is 7.80. The van der Waals surface area contributed by atoms with Gasteiger partial charge in [-0.1, -0.05) is 23.7 Å². The molecule has 3 aromatic rings. The van der Waals surface area contributed by atoms with E-state index in [0.29, 0.717) is 22.0 Å². The van der Waals surface area contributed by atoms with E-state index >= 15 is 0 Å². The molecule has 29 heavy (non-hydrogen) atoms. The van der Waals surface area contributed by atoms with Gasteiger partial charge in [-0.25, -0.2) is 4.39 Å². The summed E-state index contributed by atoms with van der Waals surface area (Å²) in [5, 5.41) is 10.3. The van der Waals surface area contributed by atoms with E-state index in [1.165, 1.54) is 29.1 Å². The summed E-state index contributed by atoms with van der Waals surface area (Å²) in [6, 6.07) is 9.25. The van der Waals surface area contributed by atoms with Crippen LogP contribution in [0, 0.1) is 12.7 Å². The normalized spacial score (nSPS) is 10.8. The molecule has 0 unspecified atom stereocenters. The second kappa shape index (κ2) is 9.15. The molecule has 0 fully saturated rings. The molecule has 3 rings (SSSR count). The predicted molar refractivity (Wildman–Crippen MR) is 110 cm³/mol. The summed E-state index contributed by atoms with van der Waals surface area (Å²) in [5.41, 5.74) is 1.90. The van der Waals surface area contributed by atoms with Crippen molar-refractivity contribution in [3.8, 4) is 5.75 Å². The molecule has 10 heteroatoms. The minimum absolute atomic E-state index is 0.0194. The Kier molecular flexibility index (Phi) is 6.60. The first kappa shape index (κ1) is 20.9. The van der Waals surface area contributed by atoms with E-state index in [1.807, 2.05) is 0 Å². The average Bonchev–Trinajstić information content (AvgIpc) is 3.07. The van der Waals surface area contributed by atoms with Crippen LogP contribution in [0.3, 0.4) is 0 Å². The maximum atomic E-state index is 13.9. The molecule has 0 bridgehead atoms. The topological polar surface area (TPSA) is 51.1 Å². The Hall–Kier alpha value is -2.78. The number of thiocarbonyl (C=S) groups is 1. The number of aryl methyl sites for hydroxylation is 1. The molecule has 152 valence electrons. The Labute approximate surface area is 175 Å². The lowest BCUT2D eigenvalue weighted by molar-refractivity contribution is -0.0493. The molecule has 0 aliphatic heterocycles. The molecule has 0 saturated heterocycles. The van der Waals surface area contributed by atoms with E-state index < -0.39 is 12.4 Å². The second-order valence-electron chi connectivity index (χ2n) is 6.08. The summed E-state index contributed by atoms with van der Waals surface area (Å²) in [4.78, 5) is 0. The lowest BCUT2D eigenvalue weighted by atomic mass is 10.2. The summed E-state index contributed by atoms with van der Waals surface area (Å²) in [6.07, 6.45) is 3.11. The van der Waals surface area contributed by atoms with E-state index in [0.717, 1.165) is 5.56 Å². The summed E-state index contributed by atoms with van der Waals surface area (Å²) < 4.78 is 45.1. The predicted octanol–water partition coefficient (Wildman–Crippen LogP) is 5.44. The van der Waals surface area contributed by atoms with Crippen molar-refractivity contribution in [2.45, 2.75) is 20.1 Å². The van der Waals surface area contributed by atoms with Gasteiger partial charge < -0.3 is 15.4 Å². The number of nitrogens with zero attached hydrogens (tertiary/aromatic N) is 2. The molecule has 0 amide bonds. The molecular formula is C19H16ClF3N4OS. The molecule has 0 saturated carbocycles. The third kappa shape index (κ3) is 5.61. The maximum Gasteiger partial charge on any atom is 0.387 e. The molecule has 0 spiro atoms. The monoisotopic (exact) mass is 440 g/mol. The Morgan fingerprint density at radius 3 is 2.79 bits per heavy atom. The Morgan fingerprint density at radius 1 is 1.28 bits per heavy atom. The number of halogens is 4. The van der Waals surface area contributed by atoms with Gasteiger partial charge in [0.25, 0.3) is 0 Å². The zero-order chi connectivity index (χ0) is 21.0. The summed E-state index contributed by atoms with van der Waals surface area (Å²) in [6.45, 7) is -1.06. The van der Waals surface area contributed by atoms with E-state index in [-0.39, 0.29) is 17.4 Å². The van der Waals surface area contributed by atoms with Gasteiger partial charge in [0, 0.05) is 16.8 Å². The fourth-order valence-electron chi connectivity index (χ4n) is 2.57. The first-order chi connectivity index (χ1) is 13.8. The van der Waals surface area contributed by atoms with Crippen LogP contribution in [0.5, 0.6) is 5.75 Å². The molecule has 2 N–H and O–H groups in total. The van der Waals surface area contributed by atoms with Crippen molar-refractivity contribution < 1.29 is 17.9 Å². The van der Waals surface area contributed by atoms with Gasteiger partial charge in [-0.2, -0.15) is 13.9 Å². The zero-order valence-electron chi connectivity index (χ0n) is 15.1. The van der Waals surface area contributed by atoms with E-state index in [2.05, 4.69) is 20.5 Å². The molecule has 5 nitrogen and oxygen atoms in total. The molecule has 1 heterocycles. The van der Waals surface area contributed by atoms with E-state index in [1.54, 1.807) is 31.3 Å². The number of alkyl halides is 2. The van der Waals surface area contributed by atoms with Crippen molar-refractivity contribution in [3.05, 3.63) is 70.8 Å². The van der Waals surface area contributed by atoms with Gasteiger partial charge in [-0.05, 0) is 49.0 Å². The second-order valence-corrected chi connectivity index (χ2v) is 6.90. The van der Waals surface area contributed by atoms with Gasteiger partial charge in [0.15, 0.2) is 5.11 Å². The van der Waals surface area contributed by atoms with E-state index in [9.17, 15) is 13.2 Å². The zero-order valence-corrected chi connectivity index (χ0v) is 16.7. The molecule has 1 aromatic heterocycles. The van der Waals surface area contributed by atoms with Gasteiger partial charge in [0.2, 0.25) is 0 Å². The molecule has 0 radical (unpaired) electrons. The number of anilines is 2. The minimum atomic E-state index is -2.96. The summed E-state index contributed by atoms with van der Waals surface area (Å²) in [5.74, 6) is -0.445. The fourth-order valence-corrected chi connectivity index (χ4v) is 3.02. The van der Waals surface area contributed by atoms with Crippen molar-refractivity contribution in [3.63, 3.8) is 0 Å². The number of nitrogens with one attached hydrogen (secondary N) is 2. The number of aromatic nitrogens is 2. The minimum Gasteiger partial charge on any atom is -0.433 e. The summed E-state index contributed by atoms with van der Waals surface area (Å²) >= 11 is 11.3. The highest BCUT2D eigenvalue weighted by atomic mass is 35.5. The third-order valence-electron chi connectivity index (χ3n) is 3.87. The van der Waals surface area contributed by atoms with Crippen molar-refractivity contribution in [2.24, 2.45) is 0 Å². The molecule has 0 atom stereocenters. The quantitative estimate of drug-likeness (QED) is 0.500. The first-order valence-electron chi connectivity index (χ1n) is 8.40. The maximum absolute atomic E-state index is 13.9. The summed E-state index contributed by atoms with van der Waals surface area (Å²) in [7, 11) is 0. The third-order valence-corrected chi connectivity index (χ3v) is 4.43. The van der Waals surface area contributed by atoms with Gasteiger partial charge in [0.1, 0.15) is 11.6 Å². The molecule has 0 aliphatic rings. The average molecular weight is 441 g/mol. The number of ether oxygens (including phenoxy) is 1. The van der Waals surface area contributed by atoms with Crippen LogP contribution in [0.4, 0.5) is 24.5 Å². The van der Waals surface area contributed by atoms with Crippen LogP contribution in [-0.4, -0.2) is 21.5 Å². The standard InChI is InChI=1S/C19H16ClF3N4OS/c1-11-5-6-16(17(7-11)28-18(22)23)26-19(29)25-12-8-24-27(9-12)10-13-14(20)3-2-4-15(13)21/h2-9,18H,10H2,1H3,(H2,25,26,29). The van der Waals surface area contributed by atoms with Crippen LogP contribution >= 0.6 is 23.8 Å². The van der Waals surface area contributed by atoms with E-state index in [4.69, 9.17) is 23.8 Å². The van der Waals surface area contributed by atoms with Gasteiger partial charge >= 0.3 is 6.61 Å². The lowest BCUT2D eigenvalue weighted by Crippen LogP contribution is -2.19. The van der Waals surface area contributed by atoms with Gasteiger partial charge in [-0.15, -0.1) is 0 Å². The highest BCUT2D eigenvalue weighted by Gasteiger charge is 2.12. The van der Waals surface area contributed by atoms with Crippen LogP contribution in [-0.2, 0) is 6.54 Å². The Balaban J connectivity index is 1.67.